The van der Waals surface area contributed by atoms with E-state index in [0.717, 1.165) is 0 Å². The Kier molecular flexibility index (Phi) is 15.5. The van der Waals surface area contributed by atoms with Crippen LogP contribution in [0.25, 0.3) is 0 Å². The van der Waals surface area contributed by atoms with Crippen LogP contribution in [0.4, 0.5) is 0 Å². The molecule has 0 aromatic carbocycles. The molecule has 2 aliphatic heterocycles. The van der Waals surface area contributed by atoms with E-state index in [9.17, 15) is 39.6 Å². The number of rotatable bonds is 16. The molecule has 0 unspecified atom stereocenters. The summed E-state index contributed by atoms with van der Waals surface area (Å²) in [7, 11) is 1.42. The summed E-state index contributed by atoms with van der Waals surface area (Å²) in [5, 5.41) is 49.4. The average molecular weight is 608 g/mol. The number of ether oxygens (including phenoxy) is 4. The van der Waals surface area contributed by atoms with E-state index in [1.165, 1.54) is 11.9 Å². The maximum absolute atomic E-state index is 12.5. The van der Waals surface area contributed by atoms with Crippen LogP contribution in [0.5, 0.6) is 0 Å². The maximum atomic E-state index is 12.5. The molecule has 17 nitrogen and oxygen atoms in total. The molecule has 0 aromatic heterocycles. The fourth-order valence-electron chi connectivity index (χ4n) is 4.13. The molecule has 2 rings (SSSR count). The van der Waals surface area contributed by atoms with Gasteiger partial charge in [0.1, 0.15) is 12.2 Å². The highest BCUT2D eigenvalue weighted by atomic mass is 16.7. The van der Waals surface area contributed by atoms with Gasteiger partial charge in [-0.3, -0.25) is 24.1 Å². The van der Waals surface area contributed by atoms with Crippen LogP contribution in [-0.4, -0.2) is 158 Å². The number of aliphatic hydroxyl groups excluding tert-OH is 4. The first-order chi connectivity index (χ1) is 19.9. The molecular formula is C25H45N5O12. The molecule has 8 atom stereocenters. The quantitative estimate of drug-likeness (QED) is 0.0769. The van der Waals surface area contributed by atoms with Gasteiger partial charge in [-0.2, -0.15) is 0 Å². The summed E-state index contributed by atoms with van der Waals surface area (Å²) in [6.07, 6.45) is -6.37. The molecular weight excluding hydrogens is 562 g/mol. The van der Waals surface area contributed by atoms with E-state index < -0.39 is 72.8 Å². The van der Waals surface area contributed by atoms with Gasteiger partial charge in [-0.25, -0.2) is 0 Å². The van der Waals surface area contributed by atoms with E-state index in [2.05, 4.69) is 21.3 Å². The lowest BCUT2D eigenvalue weighted by Crippen LogP contribution is -2.49. The summed E-state index contributed by atoms with van der Waals surface area (Å²) in [5.41, 5.74) is 0. The van der Waals surface area contributed by atoms with Crippen molar-refractivity contribution in [1.29, 1.82) is 0 Å². The minimum atomic E-state index is -1.02. The Morgan fingerprint density at radius 1 is 0.690 bits per heavy atom. The van der Waals surface area contributed by atoms with Crippen molar-refractivity contribution in [2.24, 2.45) is 0 Å². The minimum Gasteiger partial charge on any atom is -0.390 e. The maximum Gasteiger partial charge on any atom is 0.239 e. The number of hydrogen-bond donors (Lipinski definition) is 8. The lowest BCUT2D eigenvalue weighted by Gasteiger charge is -2.35. The van der Waals surface area contributed by atoms with E-state index in [4.69, 9.17) is 18.9 Å². The number of likely N-dealkylation sites (N-methyl/N-ethyl adjacent to an activating group) is 1. The first-order valence-electron chi connectivity index (χ1n) is 13.9. The predicted molar refractivity (Wildman–Crippen MR) is 143 cm³/mol. The predicted octanol–water partition coefficient (Wildman–Crippen LogP) is -4.87. The molecule has 0 bridgehead atoms. The number of nitrogens with one attached hydrogen (secondary N) is 4. The molecule has 17 heteroatoms. The Morgan fingerprint density at radius 2 is 1.10 bits per heavy atom. The van der Waals surface area contributed by atoms with E-state index >= 15 is 0 Å². The van der Waals surface area contributed by atoms with Crippen LogP contribution in [0.15, 0.2) is 0 Å². The van der Waals surface area contributed by atoms with Crippen LogP contribution in [0.2, 0.25) is 0 Å². The molecule has 2 heterocycles. The van der Waals surface area contributed by atoms with Gasteiger partial charge in [0, 0.05) is 33.0 Å². The second-order valence-corrected chi connectivity index (χ2v) is 10.2. The molecule has 0 aromatic rings. The standard InChI is InChI=1S/C25H45N5O12/c1-14-16(31)8-18(33)24(41-14)39-6-4-27-21(36)11-30(13-23(38)29-10-20(35)26-3)12-22(37)28-5-7-40-25-19(34)9-17(32)15(2)42-25/h14-19,24-25,31-34H,4-13H2,1-3H3,(H,26,35)(H,27,36)(H,28,37)(H,29,38)/t14-,15-,16-,17-,18-,19-,24+,25+/m0/s1. The van der Waals surface area contributed by atoms with Gasteiger partial charge in [0.05, 0.1) is 63.8 Å². The first-order valence-corrected chi connectivity index (χ1v) is 13.9. The highest BCUT2D eigenvalue weighted by Crippen LogP contribution is 2.21. The largest absolute Gasteiger partial charge is 0.390 e. The fourth-order valence-corrected chi connectivity index (χ4v) is 4.13. The zero-order valence-electron chi connectivity index (χ0n) is 24.2. The molecule has 2 saturated heterocycles. The molecule has 0 spiro atoms. The fraction of sp³-hybridized carbons (Fsp3) is 0.840. The third-order valence-electron chi connectivity index (χ3n) is 6.61. The Hall–Kier alpha value is -2.48. The Balaban J connectivity index is 1.78. The van der Waals surface area contributed by atoms with Crippen molar-refractivity contribution in [2.75, 3.05) is 59.5 Å². The number of nitrogens with zero attached hydrogens (tertiary/aromatic N) is 1. The summed E-state index contributed by atoms with van der Waals surface area (Å²) in [5.74, 6) is -2.02. The summed E-state index contributed by atoms with van der Waals surface area (Å²) in [4.78, 5) is 50.1. The third kappa shape index (κ3) is 12.8. The van der Waals surface area contributed by atoms with Crippen LogP contribution in [0, 0.1) is 0 Å². The van der Waals surface area contributed by atoms with Crippen molar-refractivity contribution in [2.45, 2.75) is 75.9 Å². The Bertz CT molecular complexity index is 831. The van der Waals surface area contributed by atoms with Crippen LogP contribution in [0.1, 0.15) is 26.7 Å². The third-order valence-corrected chi connectivity index (χ3v) is 6.61. The van der Waals surface area contributed by atoms with Gasteiger partial charge in [-0.15, -0.1) is 0 Å². The second-order valence-electron chi connectivity index (χ2n) is 10.2. The van der Waals surface area contributed by atoms with Crippen LogP contribution in [0.3, 0.4) is 0 Å². The summed E-state index contributed by atoms with van der Waals surface area (Å²) in [6.45, 7) is 2.12. The highest BCUT2D eigenvalue weighted by molar-refractivity contribution is 5.87. The topological polar surface area (TPSA) is 237 Å². The summed E-state index contributed by atoms with van der Waals surface area (Å²) >= 11 is 0. The molecule has 2 fully saturated rings. The average Bonchev–Trinajstić information content (AvgIpc) is 2.92. The second kappa shape index (κ2) is 18.2. The first kappa shape index (κ1) is 35.7. The van der Waals surface area contributed by atoms with Crippen LogP contribution < -0.4 is 21.3 Å². The van der Waals surface area contributed by atoms with Gasteiger partial charge in [-0.1, -0.05) is 0 Å². The molecule has 0 aliphatic carbocycles. The van der Waals surface area contributed by atoms with Crippen molar-refractivity contribution in [3.05, 3.63) is 0 Å². The zero-order chi connectivity index (χ0) is 31.2. The van der Waals surface area contributed by atoms with Gasteiger partial charge in [-0.05, 0) is 13.8 Å². The SMILES string of the molecule is CNC(=O)CNC(=O)CN(CC(=O)NCCO[C@@H]1O[C@@H](C)[C@@H](O)C[C@@H]1O)CC(=O)NCCO[C@@H]1O[C@@H](C)[C@@H](O)C[C@@H]1O. The minimum absolute atomic E-state index is 0.000523. The van der Waals surface area contributed by atoms with Crippen LogP contribution >= 0.6 is 0 Å². The number of amides is 4. The molecule has 8 N–H and O–H groups in total. The zero-order valence-corrected chi connectivity index (χ0v) is 24.2. The molecule has 242 valence electrons. The smallest absolute Gasteiger partial charge is 0.239 e. The van der Waals surface area contributed by atoms with Crippen LogP contribution in [-0.2, 0) is 38.1 Å². The molecule has 4 amide bonds. The van der Waals surface area contributed by atoms with E-state index in [0.29, 0.717) is 0 Å². The summed E-state index contributed by atoms with van der Waals surface area (Å²) in [6, 6.07) is 0. The monoisotopic (exact) mass is 607 g/mol. The lowest BCUT2D eigenvalue weighted by molar-refractivity contribution is -0.260. The van der Waals surface area contributed by atoms with Crippen molar-refractivity contribution in [3.8, 4) is 0 Å². The molecule has 0 saturated carbocycles. The van der Waals surface area contributed by atoms with E-state index in [-0.39, 0.29) is 65.3 Å². The lowest BCUT2D eigenvalue weighted by atomic mass is 10.0. The number of hydrogen-bond acceptors (Lipinski definition) is 13. The van der Waals surface area contributed by atoms with Gasteiger partial charge in [0.25, 0.3) is 0 Å². The van der Waals surface area contributed by atoms with E-state index in [1.54, 1.807) is 13.8 Å². The molecule has 2 aliphatic rings. The number of aliphatic hydroxyl groups is 4. The van der Waals surface area contributed by atoms with Gasteiger partial charge in [0.15, 0.2) is 12.6 Å². The van der Waals surface area contributed by atoms with Gasteiger partial charge >= 0.3 is 0 Å². The van der Waals surface area contributed by atoms with Crippen molar-refractivity contribution >= 4 is 23.6 Å². The van der Waals surface area contributed by atoms with E-state index in [1.807, 2.05) is 0 Å². The summed E-state index contributed by atoms with van der Waals surface area (Å²) < 4.78 is 21.7. The number of carbonyl (C=O) groups is 4. The normalized spacial score (nSPS) is 29.5. The van der Waals surface area contributed by atoms with Gasteiger partial charge < -0.3 is 60.6 Å². The Labute approximate surface area is 244 Å². The van der Waals surface area contributed by atoms with Crippen molar-refractivity contribution in [1.82, 2.24) is 26.2 Å². The van der Waals surface area contributed by atoms with Crippen molar-refractivity contribution < 1.29 is 58.6 Å². The van der Waals surface area contributed by atoms with Crippen molar-refractivity contribution in [3.63, 3.8) is 0 Å². The van der Waals surface area contributed by atoms with Gasteiger partial charge in [0.2, 0.25) is 23.6 Å². The highest BCUT2D eigenvalue weighted by Gasteiger charge is 2.35. The molecule has 0 radical (unpaired) electrons. The Morgan fingerprint density at radius 3 is 1.50 bits per heavy atom. The molecule has 42 heavy (non-hydrogen) atoms. The number of carbonyl (C=O) groups excluding carboxylic acids is 4.